The first-order chi connectivity index (χ1) is 19.6. The molecule has 10 heteroatoms. The highest BCUT2D eigenvalue weighted by molar-refractivity contribution is 6.30. The molecule has 9 nitrogen and oxygen atoms in total. The number of ether oxygens (including phenoxy) is 1. The third-order valence-electron chi connectivity index (χ3n) is 7.35. The molecule has 0 radical (unpaired) electrons. The highest BCUT2D eigenvalue weighted by Crippen LogP contribution is 2.35. The van der Waals surface area contributed by atoms with Crippen molar-refractivity contribution in [1.82, 2.24) is 20.9 Å². The molecule has 1 aliphatic rings. The minimum atomic E-state index is -1.29. The van der Waals surface area contributed by atoms with Crippen LogP contribution in [0.1, 0.15) is 64.0 Å². The lowest BCUT2D eigenvalue weighted by molar-refractivity contribution is -0.133. The second-order valence-corrected chi connectivity index (χ2v) is 11.5. The van der Waals surface area contributed by atoms with Gasteiger partial charge in [-0.2, -0.15) is 0 Å². The van der Waals surface area contributed by atoms with Gasteiger partial charge in [0.1, 0.15) is 5.54 Å². The molecule has 2 amide bonds. The van der Waals surface area contributed by atoms with Crippen LogP contribution in [0.15, 0.2) is 54.6 Å². The van der Waals surface area contributed by atoms with Gasteiger partial charge in [-0.1, -0.05) is 81.3 Å². The van der Waals surface area contributed by atoms with Gasteiger partial charge in [0.05, 0.1) is 6.04 Å². The topological polar surface area (TPSA) is 127 Å². The van der Waals surface area contributed by atoms with Crippen LogP contribution in [-0.2, 0) is 26.3 Å². The molecular weight excluding hydrogens is 542 g/mol. The van der Waals surface area contributed by atoms with E-state index in [0.29, 0.717) is 37.3 Å². The molecule has 2 aromatic rings. The molecule has 41 heavy (non-hydrogen) atoms. The molecule has 1 aliphatic heterocycles. The number of hydrogen-bond donors (Lipinski definition) is 5. The number of carbonyl (C=O) groups excluding carboxylic acids is 2. The Balaban J connectivity index is 1.66. The number of carbonyl (C=O) groups is 2. The number of halogens is 1. The van der Waals surface area contributed by atoms with Crippen molar-refractivity contribution >= 4 is 29.4 Å². The Labute approximate surface area is 248 Å². The Morgan fingerprint density at radius 1 is 1.15 bits per heavy atom. The number of aliphatic hydroxyl groups is 1. The molecule has 1 unspecified atom stereocenters. The zero-order chi connectivity index (χ0) is 30.0. The van der Waals surface area contributed by atoms with Crippen molar-refractivity contribution in [1.29, 1.82) is 5.41 Å². The summed E-state index contributed by atoms with van der Waals surface area (Å²) < 4.78 is 4.93. The first-order valence-electron chi connectivity index (χ1n) is 14.4. The van der Waals surface area contributed by atoms with E-state index >= 15 is 0 Å². The molecular formula is C31H44ClN5O4. The van der Waals surface area contributed by atoms with Gasteiger partial charge in [0.15, 0.2) is 5.96 Å². The predicted octanol–water partition coefficient (Wildman–Crippen LogP) is 4.14. The maximum atomic E-state index is 13.8. The largest absolute Gasteiger partial charge is 0.356 e. The van der Waals surface area contributed by atoms with E-state index in [-0.39, 0.29) is 29.7 Å². The van der Waals surface area contributed by atoms with E-state index in [4.69, 9.17) is 21.7 Å². The van der Waals surface area contributed by atoms with Crippen LogP contribution in [0.3, 0.4) is 0 Å². The molecule has 3 rings (SSSR count). The number of amides is 2. The number of aliphatic hydroxyl groups excluding tert-OH is 1. The average Bonchev–Trinajstić information content (AvgIpc) is 3.18. The Morgan fingerprint density at radius 2 is 1.83 bits per heavy atom. The van der Waals surface area contributed by atoms with Crippen molar-refractivity contribution in [3.05, 3.63) is 70.7 Å². The molecule has 0 bridgehead atoms. The highest BCUT2D eigenvalue weighted by atomic mass is 35.5. The third kappa shape index (κ3) is 8.75. The summed E-state index contributed by atoms with van der Waals surface area (Å²) in [6, 6.07) is 16.0. The summed E-state index contributed by atoms with van der Waals surface area (Å²) >= 11 is 6.01. The Hall–Kier alpha value is -2.98. The van der Waals surface area contributed by atoms with Crippen molar-refractivity contribution < 1.29 is 19.4 Å². The average molecular weight is 586 g/mol. The van der Waals surface area contributed by atoms with Crippen LogP contribution in [0.5, 0.6) is 0 Å². The fourth-order valence-corrected chi connectivity index (χ4v) is 5.54. The minimum Gasteiger partial charge on any atom is -0.356 e. The molecule has 2 aromatic carbocycles. The molecule has 4 atom stereocenters. The van der Waals surface area contributed by atoms with Crippen LogP contribution in [0.2, 0.25) is 5.02 Å². The number of benzene rings is 2. The van der Waals surface area contributed by atoms with Gasteiger partial charge in [-0.15, -0.1) is 0 Å². The number of methoxy groups -OCH3 is 1. The van der Waals surface area contributed by atoms with Gasteiger partial charge in [0, 0.05) is 24.7 Å². The van der Waals surface area contributed by atoms with Gasteiger partial charge in [0.25, 0.3) is 5.91 Å². The van der Waals surface area contributed by atoms with Gasteiger partial charge in [0.2, 0.25) is 12.3 Å². The summed E-state index contributed by atoms with van der Waals surface area (Å²) in [6.07, 6.45) is 2.51. The lowest BCUT2D eigenvalue weighted by Crippen LogP contribution is -2.52. The van der Waals surface area contributed by atoms with Crippen LogP contribution >= 0.6 is 11.6 Å². The molecule has 1 saturated heterocycles. The molecule has 0 spiro atoms. The zero-order valence-corrected chi connectivity index (χ0v) is 25.2. The summed E-state index contributed by atoms with van der Waals surface area (Å²) in [5.41, 5.74) is 0.797. The van der Waals surface area contributed by atoms with Crippen LogP contribution in [-0.4, -0.2) is 59.9 Å². The monoisotopic (exact) mass is 585 g/mol. The Morgan fingerprint density at radius 3 is 2.44 bits per heavy atom. The second kappa shape index (κ2) is 15.3. The molecule has 1 fully saturated rings. The van der Waals surface area contributed by atoms with Gasteiger partial charge < -0.3 is 20.5 Å². The SMILES string of the molecule is CCC[C@@H](CCCN1C(=N)N[C@](CC(C)C)(c2ccccc2)C1=O)NC(=O)[C@H](Cc1ccc(Cl)cc1)NC(O)OC. The van der Waals surface area contributed by atoms with Crippen molar-refractivity contribution in [3.8, 4) is 0 Å². The van der Waals surface area contributed by atoms with Gasteiger partial charge in [-0.05, 0) is 61.3 Å². The van der Waals surface area contributed by atoms with E-state index in [0.717, 1.165) is 24.0 Å². The molecule has 0 aliphatic carbocycles. The number of rotatable bonds is 16. The Bertz CT molecular complexity index is 1150. The fraction of sp³-hybridized carbons (Fsp3) is 0.516. The first-order valence-corrected chi connectivity index (χ1v) is 14.7. The third-order valence-corrected chi connectivity index (χ3v) is 7.60. The number of hydrogen-bond acceptors (Lipinski definition) is 6. The lowest BCUT2D eigenvalue weighted by atomic mass is 9.82. The summed E-state index contributed by atoms with van der Waals surface area (Å²) in [6.45, 7) is 6.58. The van der Waals surface area contributed by atoms with E-state index in [1.807, 2.05) is 42.5 Å². The van der Waals surface area contributed by atoms with Gasteiger partial charge in [-0.25, -0.2) is 0 Å². The van der Waals surface area contributed by atoms with Crippen molar-refractivity contribution in [3.63, 3.8) is 0 Å². The number of nitrogens with one attached hydrogen (secondary N) is 4. The van der Waals surface area contributed by atoms with Crippen LogP contribution in [0.25, 0.3) is 0 Å². The first kappa shape index (κ1) is 32.5. The lowest BCUT2D eigenvalue weighted by Gasteiger charge is -2.29. The van der Waals surface area contributed by atoms with Crippen LogP contribution < -0.4 is 16.0 Å². The van der Waals surface area contributed by atoms with E-state index < -0.39 is 18.0 Å². The number of nitrogens with zero attached hydrogens (tertiary/aromatic N) is 1. The molecule has 1 heterocycles. The number of guanidine groups is 1. The molecule has 0 aromatic heterocycles. The quantitative estimate of drug-likeness (QED) is 0.189. The van der Waals surface area contributed by atoms with Gasteiger partial charge >= 0.3 is 0 Å². The standard InChI is InChI=1S/C31H44ClN5O4/c1-5-10-25(34-27(38)26(35-30(40)41-4)19-22-14-16-24(32)17-15-22)13-9-18-37-28(39)31(20-21(2)3,36-29(37)33)23-11-7-6-8-12-23/h6-8,11-12,14-17,21,25-26,30,35,40H,5,9-10,13,18-20H2,1-4H3,(H2,33,36)(H,34,38)/t25-,26-,30?,31+/m0/s1. The predicted molar refractivity (Wildman–Crippen MR) is 161 cm³/mol. The van der Waals surface area contributed by atoms with Gasteiger partial charge in [-0.3, -0.25) is 25.2 Å². The normalized spacial score (nSPS) is 19.2. The maximum absolute atomic E-state index is 13.8. The Kier molecular flexibility index (Phi) is 12.1. The van der Waals surface area contributed by atoms with E-state index in [1.165, 1.54) is 12.0 Å². The minimum absolute atomic E-state index is 0.108. The second-order valence-electron chi connectivity index (χ2n) is 11.1. The fourth-order valence-electron chi connectivity index (χ4n) is 5.41. The van der Waals surface area contributed by atoms with Crippen molar-refractivity contribution in [2.45, 2.75) is 83.3 Å². The molecule has 224 valence electrons. The van der Waals surface area contributed by atoms with Crippen LogP contribution in [0, 0.1) is 11.3 Å². The summed E-state index contributed by atoms with van der Waals surface area (Å²) in [5, 5.41) is 28.4. The maximum Gasteiger partial charge on any atom is 0.259 e. The molecule has 0 saturated carbocycles. The summed E-state index contributed by atoms with van der Waals surface area (Å²) in [5.74, 6) is -0.00795. The summed E-state index contributed by atoms with van der Waals surface area (Å²) in [7, 11) is 1.36. The van der Waals surface area contributed by atoms with Crippen LogP contribution in [0.4, 0.5) is 0 Å². The van der Waals surface area contributed by atoms with Crippen molar-refractivity contribution in [2.75, 3.05) is 13.7 Å². The van der Waals surface area contributed by atoms with E-state index in [9.17, 15) is 14.7 Å². The molecule has 5 N–H and O–H groups in total. The zero-order valence-electron chi connectivity index (χ0n) is 24.5. The smallest absolute Gasteiger partial charge is 0.259 e. The summed E-state index contributed by atoms with van der Waals surface area (Å²) in [4.78, 5) is 28.6. The highest BCUT2D eigenvalue weighted by Gasteiger charge is 2.50. The van der Waals surface area contributed by atoms with Crippen molar-refractivity contribution in [2.24, 2.45) is 5.92 Å². The van der Waals surface area contributed by atoms with E-state index in [1.54, 1.807) is 12.1 Å². The van der Waals surface area contributed by atoms with E-state index in [2.05, 4.69) is 36.7 Å².